The third kappa shape index (κ3) is 1.77. The van der Waals surface area contributed by atoms with Gasteiger partial charge >= 0.3 is 5.97 Å². The number of hydrogen-bond acceptors (Lipinski definition) is 3. The van der Waals surface area contributed by atoms with Gasteiger partial charge in [-0.05, 0) is 49.7 Å². The number of ether oxygens (including phenoxy) is 2. The summed E-state index contributed by atoms with van der Waals surface area (Å²) in [6, 6.07) is 9.38. The standard InChI is InChI=1S/C20H24O3/c1-19(2)11-13-10-14-8-9-15-20(14,23-15)16(13)17(19)22-18(21)12-6-4-3-5-7-12/h3-7,13-17H,8-11H2,1-2H3/t13-,14+,15-,16-,17+,20+/m0/s1. The van der Waals surface area contributed by atoms with Crippen LogP contribution < -0.4 is 0 Å². The average molecular weight is 312 g/mol. The monoisotopic (exact) mass is 312 g/mol. The fourth-order valence-electron chi connectivity index (χ4n) is 6.14. The van der Waals surface area contributed by atoms with Gasteiger partial charge in [0, 0.05) is 11.3 Å². The van der Waals surface area contributed by atoms with Crippen LogP contribution in [0.15, 0.2) is 30.3 Å². The molecule has 4 aliphatic rings. The molecule has 6 atom stereocenters. The lowest BCUT2D eigenvalue weighted by atomic mass is 9.80. The summed E-state index contributed by atoms with van der Waals surface area (Å²) in [6.07, 6.45) is 5.34. The van der Waals surface area contributed by atoms with E-state index in [1.807, 2.05) is 30.3 Å². The SMILES string of the molecule is CC1(C)C[C@@H]2C[C@H]3CC[C@@H]4O[C@]34[C@@H]2[C@H]1OC(=O)c1ccccc1. The van der Waals surface area contributed by atoms with E-state index in [0.717, 1.165) is 6.42 Å². The fraction of sp³-hybridized carbons (Fsp3) is 0.650. The molecule has 1 heterocycles. The summed E-state index contributed by atoms with van der Waals surface area (Å²) in [6.45, 7) is 4.51. The second-order valence-corrected chi connectivity index (χ2v) is 8.64. The minimum absolute atomic E-state index is 0.0201. The van der Waals surface area contributed by atoms with E-state index < -0.39 is 0 Å². The van der Waals surface area contributed by atoms with E-state index in [1.54, 1.807) is 0 Å². The van der Waals surface area contributed by atoms with Crippen LogP contribution >= 0.6 is 0 Å². The van der Waals surface area contributed by atoms with Gasteiger partial charge in [0.25, 0.3) is 0 Å². The van der Waals surface area contributed by atoms with E-state index >= 15 is 0 Å². The first kappa shape index (κ1) is 14.0. The van der Waals surface area contributed by atoms with Crippen LogP contribution in [0, 0.1) is 23.2 Å². The third-order valence-electron chi connectivity index (χ3n) is 6.95. The number of esters is 1. The summed E-state index contributed by atoms with van der Waals surface area (Å²) in [4.78, 5) is 12.6. The van der Waals surface area contributed by atoms with Crippen LogP contribution in [0.25, 0.3) is 0 Å². The Bertz CT molecular complexity index is 652. The number of fused-ring (bicyclic) bond motifs is 1. The molecule has 1 aliphatic heterocycles. The minimum Gasteiger partial charge on any atom is -0.458 e. The number of hydrogen-bond donors (Lipinski definition) is 0. The van der Waals surface area contributed by atoms with E-state index in [1.165, 1.54) is 19.3 Å². The molecule has 0 bridgehead atoms. The second-order valence-electron chi connectivity index (χ2n) is 8.64. The summed E-state index contributed by atoms with van der Waals surface area (Å²) in [5.41, 5.74) is 0.747. The van der Waals surface area contributed by atoms with Crippen molar-refractivity contribution in [1.29, 1.82) is 0 Å². The zero-order valence-electron chi connectivity index (χ0n) is 13.8. The van der Waals surface area contributed by atoms with Crippen LogP contribution in [0.4, 0.5) is 0 Å². The normalized spacial score (nSPS) is 45.2. The maximum atomic E-state index is 12.6. The van der Waals surface area contributed by atoms with Gasteiger partial charge in [-0.1, -0.05) is 32.0 Å². The second kappa shape index (κ2) is 4.38. The van der Waals surface area contributed by atoms with Crippen molar-refractivity contribution in [2.24, 2.45) is 23.2 Å². The molecular weight excluding hydrogens is 288 g/mol. The van der Waals surface area contributed by atoms with E-state index in [-0.39, 0.29) is 23.1 Å². The highest BCUT2D eigenvalue weighted by molar-refractivity contribution is 5.89. The summed E-state index contributed by atoms with van der Waals surface area (Å²) in [7, 11) is 0. The van der Waals surface area contributed by atoms with E-state index in [2.05, 4.69) is 13.8 Å². The largest absolute Gasteiger partial charge is 0.458 e. The molecule has 1 spiro atoms. The molecule has 3 aliphatic carbocycles. The first-order valence-corrected chi connectivity index (χ1v) is 8.96. The molecule has 1 aromatic rings. The number of benzene rings is 1. The van der Waals surface area contributed by atoms with E-state index in [4.69, 9.17) is 9.47 Å². The summed E-state index contributed by atoms with van der Waals surface area (Å²) in [5.74, 6) is 1.59. The Balaban J connectivity index is 1.45. The molecule has 0 N–H and O–H groups in total. The van der Waals surface area contributed by atoms with E-state index in [0.29, 0.717) is 29.4 Å². The molecule has 23 heavy (non-hydrogen) atoms. The third-order valence-corrected chi connectivity index (χ3v) is 6.95. The minimum atomic E-state index is -0.181. The van der Waals surface area contributed by atoms with Crippen molar-refractivity contribution in [3.8, 4) is 0 Å². The number of epoxide rings is 1. The topological polar surface area (TPSA) is 38.8 Å². The number of carbonyl (C=O) groups is 1. The van der Waals surface area contributed by atoms with Crippen LogP contribution in [-0.4, -0.2) is 23.8 Å². The van der Waals surface area contributed by atoms with Gasteiger partial charge in [-0.15, -0.1) is 0 Å². The predicted molar refractivity (Wildman–Crippen MR) is 86.0 cm³/mol. The quantitative estimate of drug-likeness (QED) is 0.615. The molecule has 3 nitrogen and oxygen atoms in total. The molecule has 1 aromatic carbocycles. The van der Waals surface area contributed by atoms with Crippen molar-refractivity contribution < 1.29 is 14.3 Å². The van der Waals surface area contributed by atoms with Gasteiger partial charge in [0.2, 0.25) is 0 Å². The van der Waals surface area contributed by atoms with Gasteiger partial charge < -0.3 is 9.47 Å². The average Bonchev–Trinajstić information content (AvgIpc) is 2.91. The molecule has 0 unspecified atom stereocenters. The van der Waals surface area contributed by atoms with Crippen molar-refractivity contribution in [1.82, 2.24) is 0 Å². The highest BCUT2D eigenvalue weighted by atomic mass is 16.6. The summed E-state index contributed by atoms with van der Waals surface area (Å²) < 4.78 is 12.3. The van der Waals surface area contributed by atoms with Gasteiger partial charge in [0.1, 0.15) is 11.7 Å². The smallest absolute Gasteiger partial charge is 0.338 e. The lowest BCUT2D eigenvalue weighted by Crippen LogP contribution is -2.41. The Morgan fingerprint density at radius 3 is 2.74 bits per heavy atom. The van der Waals surface area contributed by atoms with Crippen LogP contribution in [0.3, 0.4) is 0 Å². The zero-order chi connectivity index (χ0) is 15.8. The highest BCUT2D eigenvalue weighted by Crippen LogP contribution is 2.72. The van der Waals surface area contributed by atoms with Crippen molar-refractivity contribution >= 4 is 5.97 Å². The molecule has 0 radical (unpaired) electrons. The molecule has 5 rings (SSSR count). The van der Waals surface area contributed by atoms with Crippen LogP contribution in [0.2, 0.25) is 0 Å². The maximum Gasteiger partial charge on any atom is 0.338 e. The molecule has 1 saturated heterocycles. The molecule has 0 aromatic heterocycles. The highest BCUT2D eigenvalue weighted by Gasteiger charge is 2.78. The molecule has 4 fully saturated rings. The molecular formula is C20H24O3. The Morgan fingerprint density at radius 2 is 2.00 bits per heavy atom. The predicted octanol–water partition coefficient (Wildman–Crippen LogP) is 3.83. The van der Waals surface area contributed by atoms with Crippen LogP contribution in [0.1, 0.15) is 49.9 Å². The maximum absolute atomic E-state index is 12.6. The van der Waals surface area contributed by atoms with Crippen LogP contribution in [-0.2, 0) is 9.47 Å². The van der Waals surface area contributed by atoms with Gasteiger partial charge in [0.05, 0.1) is 11.7 Å². The van der Waals surface area contributed by atoms with Gasteiger partial charge in [-0.3, -0.25) is 0 Å². The molecule has 3 saturated carbocycles. The Hall–Kier alpha value is -1.35. The summed E-state index contributed by atoms with van der Waals surface area (Å²) in [5, 5.41) is 0. The van der Waals surface area contributed by atoms with E-state index in [9.17, 15) is 4.79 Å². The van der Waals surface area contributed by atoms with Crippen molar-refractivity contribution in [3.63, 3.8) is 0 Å². The zero-order valence-corrected chi connectivity index (χ0v) is 13.8. The molecule has 3 heteroatoms. The first-order valence-electron chi connectivity index (χ1n) is 8.96. The first-order chi connectivity index (χ1) is 11.0. The fourth-order valence-corrected chi connectivity index (χ4v) is 6.14. The molecule has 0 amide bonds. The number of carbonyl (C=O) groups excluding carboxylic acids is 1. The lowest BCUT2D eigenvalue weighted by molar-refractivity contribution is -0.0275. The molecule has 122 valence electrons. The van der Waals surface area contributed by atoms with Gasteiger partial charge in [0.15, 0.2) is 0 Å². The van der Waals surface area contributed by atoms with Crippen LogP contribution in [0.5, 0.6) is 0 Å². The van der Waals surface area contributed by atoms with Gasteiger partial charge in [-0.25, -0.2) is 4.79 Å². The van der Waals surface area contributed by atoms with Crippen molar-refractivity contribution in [2.45, 2.75) is 57.3 Å². The Morgan fingerprint density at radius 1 is 1.22 bits per heavy atom. The lowest BCUT2D eigenvalue weighted by Gasteiger charge is -2.33. The summed E-state index contributed by atoms with van der Waals surface area (Å²) >= 11 is 0. The van der Waals surface area contributed by atoms with Crippen molar-refractivity contribution in [2.75, 3.05) is 0 Å². The Kier molecular flexibility index (Phi) is 2.67. The van der Waals surface area contributed by atoms with Crippen molar-refractivity contribution in [3.05, 3.63) is 35.9 Å². The van der Waals surface area contributed by atoms with Gasteiger partial charge in [-0.2, -0.15) is 0 Å². The number of rotatable bonds is 2. The Labute approximate surface area is 137 Å².